The van der Waals surface area contributed by atoms with Crippen molar-refractivity contribution in [3.8, 4) is 0 Å². The van der Waals surface area contributed by atoms with Crippen LogP contribution in [0.5, 0.6) is 0 Å². The van der Waals surface area contributed by atoms with Crippen molar-refractivity contribution in [1.29, 1.82) is 0 Å². The molecule has 2 N–H and O–H groups in total. The molecular formula is C6H14N2O4. The number of rotatable bonds is 4. The van der Waals surface area contributed by atoms with E-state index < -0.39 is 23.3 Å². The van der Waals surface area contributed by atoms with Gasteiger partial charge in [-0.2, -0.15) is 0 Å². The molecule has 0 amide bonds. The predicted molar refractivity (Wildman–Crippen MR) is 42.2 cm³/mol. The molecule has 6 heteroatoms. The molecule has 6 nitrogen and oxygen atoms in total. The number of hydrogen-bond donors (Lipinski definition) is 2. The second kappa shape index (κ2) is 3.79. The van der Waals surface area contributed by atoms with Crippen LogP contribution in [0.1, 0.15) is 6.92 Å². The fraction of sp³-hybridized carbons (Fsp3) is 1.00. The van der Waals surface area contributed by atoms with E-state index in [1.165, 1.54) is 25.9 Å². The van der Waals surface area contributed by atoms with Gasteiger partial charge in [0.15, 0.2) is 6.23 Å². The summed E-state index contributed by atoms with van der Waals surface area (Å²) >= 11 is 0. The van der Waals surface area contributed by atoms with Crippen molar-refractivity contribution in [2.24, 2.45) is 0 Å². The number of nitro groups is 1. The third-order valence-electron chi connectivity index (χ3n) is 1.78. The summed E-state index contributed by atoms with van der Waals surface area (Å²) in [4.78, 5) is 11.1. The van der Waals surface area contributed by atoms with Crippen molar-refractivity contribution in [2.45, 2.75) is 18.7 Å². The quantitative estimate of drug-likeness (QED) is 0.324. The summed E-state index contributed by atoms with van der Waals surface area (Å²) in [6, 6.07) is 0. The molecule has 0 aromatic heterocycles. The highest BCUT2D eigenvalue weighted by Crippen LogP contribution is 2.15. The smallest absolute Gasteiger partial charge is 0.280 e. The molecule has 2 atom stereocenters. The molecule has 12 heavy (non-hydrogen) atoms. The van der Waals surface area contributed by atoms with Crippen LogP contribution in [-0.2, 0) is 0 Å². The van der Waals surface area contributed by atoms with Gasteiger partial charge in [0.2, 0.25) is 0 Å². The second-order valence-electron chi connectivity index (χ2n) is 3.11. The third-order valence-corrected chi connectivity index (χ3v) is 1.78. The summed E-state index contributed by atoms with van der Waals surface area (Å²) in [5.41, 5.74) is -1.72. The summed E-state index contributed by atoms with van der Waals surface area (Å²) in [5.74, 6) is 0. The maximum atomic E-state index is 10.5. The third kappa shape index (κ3) is 1.90. The van der Waals surface area contributed by atoms with Gasteiger partial charge in [-0.25, -0.2) is 0 Å². The van der Waals surface area contributed by atoms with Crippen molar-refractivity contribution in [3.05, 3.63) is 10.1 Å². The van der Waals surface area contributed by atoms with Crippen molar-refractivity contribution in [2.75, 3.05) is 20.7 Å². The molecule has 0 aliphatic rings. The van der Waals surface area contributed by atoms with E-state index in [-0.39, 0.29) is 0 Å². The van der Waals surface area contributed by atoms with Gasteiger partial charge in [0, 0.05) is 11.8 Å². The average Bonchev–Trinajstić information content (AvgIpc) is 2.01. The molecule has 0 bridgehead atoms. The number of aliphatic hydroxyl groups excluding tert-OH is 2. The van der Waals surface area contributed by atoms with Crippen molar-refractivity contribution in [1.82, 2.24) is 4.90 Å². The zero-order valence-electron chi connectivity index (χ0n) is 7.39. The molecule has 0 aromatic rings. The molecule has 0 saturated heterocycles. The first kappa shape index (κ1) is 11.3. The van der Waals surface area contributed by atoms with Crippen LogP contribution in [0.25, 0.3) is 0 Å². The van der Waals surface area contributed by atoms with Gasteiger partial charge in [-0.15, -0.1) is 0 Å². The van der Waals surface area contributed by atoms with Gasteiger partial charge in [-0.3, -0.25) is 15.0 Å². The molecule has 0 rings (SSSR count). The summed E-state index contributed by atoms with van der Waals surface area (Å²) < 4.78 is 0. The highest BCUT2D eigenvalue weighted by atomic mass is 16.6. The number of nitrogens with zero attached hydrogens (tertiary/aromatic N) is 2. The second-order valence-corrected chi connectivity index (χ2v) is 3.11. The highest BCUT2D eigenvalue weighted by Gasteiger charge is 2.45. The van der Waals surface area contributed by atoms with E-state index in [9.17, 15) is 15.2 Å². The molecule has 72 valence electrons. The van der Waals surface area contributed by atoms with E-state index in [1.807, 2.05) is 0 Å². The number of likely N-dealkylation sites (N-methyl/N-ethyl adjacent to an activating group) is 1. The average molecular weight is 178 g/mol. The highest BCUT2D eigenvalue weighted by molar-refractivity contribution is 4.79. The number of aliphatic hydroxyl groups is 2. The van der Waals surface area contributed by atoms with Crippen molar-refractivity contribution >= 4 is 0 Å². The van der Waals surface area contributed by atoms with Crippen LogP contribution in [0.15, 0.2) is 0 Å². The minimum Gasteiger partial charge on any atom is -0.389 e. The molecule has 0 radical (unpaired) electrons. The van der Waals surface area contributed by atoms with Gasteiger partial charge in [-0.1, -0.05) is 0 Å². The zero-order valence-corrected chi connectivity index (χ0v) is 7.39. The van der Waals surface area contributed by atoms with Crippen LogP contribution in [0.4, 0.5) is 0 Å². The van der Waals surface area contributed by atoms with Crippen LogP contribution in [0.3, 0.4) is 0 Å². The first-order valence-electron chi connectivity index (χ1n) is 3.46. The summed E-state index contributed by atoms with van der Waals surface area (Å²) in [6.45, 7) is 0.497. The Morgan fingerprint density at radius 1 is 1.67 bits per heavy atom. The lowest BCUT2D eigenvalue weighted by Gasteiger charge is -2.28. The molecule has 0 fully saturated rings. The normalized spacial score (nSPS) is 18.8. The Morgan fingerprint density at radius 3 is 2.17 bits per heavy atom. The lowest BCUT2D eigenvalue weighted by molar-refractivity contribution is -0.587. The fourth-order valence-electron chi connectivity index (χ4n) is 0.790. The standard InChI is InChI=1S/C6H14N2O4/c1-6(4-9,8(11)12)5(10)7(2)3/h5,9-10H,4H2,1-3H3. The maximum Gasteiger partial charge on any atom is 0.280 e. The number of hydrogen-bond acceptors (Lipinski definition) is 5. The van der Waals surface area contributed by atoms with E-state index in [0.29, 0.717) is 0 Å². The summed E-state index contributed by atoms with van der Waals surface area (Å²) in [5, 5.41) is 28.5. The van der Waals surface area contributed by atoms with Gasteiger partial charge in [-0.05, 0) is 14.1 Å². The maximum absolute atomic E-state index is 10.5. The predicted octanol–water partition coefficient (Wildman–Crippen LogP) is -1.11. The minimum absolute atomic E-state index is 0.683. The van der Waals surface area contributed by atoms with Gasteiger partial charge in [0.05, 0.1) is 0 Å². The lowest BCUT2D eigenvalue weighted by atomic mass is 10.0. The first-order valence-corrected chi connectivity index (χ1v) is 3.46. The molecule has 0 aliphatic heterocycles. The van der Waals surface area contributed by atoms with Crippen LogP contribution in [0, 0.1) is 10.1 Å². The Kier molecular flexibility index (Phi) is 3.56. The fourth-order valence-corrected chi connectivity index (χ4v) is 0.790. The van der Waals surface area contributed by atoms with Crippen LogP contribution < -0.4 is 0 Å². The van der Waals surface area contributed by atoms with Gasteiger partial charge < -0.3 is 10.2 Å². The molecule has 0 spiro atoms. The monoisotopic (exact) mass is 178 g/mol. The largest absolute Gasteiger partial charge is 0.389 e. The summed E-state index contributed by atoms with van der Waals surface area (Å²) in [7, 11) is 3.00. The Morgan fingerprint density at radius 2 is 2.08 bits per heavy atom. The Labute approximate surface area is 70.6 Å². The molecule has 0 saturated carbocycles. The van der Waals surface area contributed by atoms with Gasteiger partial charge >= 0.3 is 0 Å². The van der Waals surface area contributed by atoms with Crippen LogP contribution in [0.2, 0.25) is 0 Å². The lowest BCUT2D eigenvalue weighted by Crippen LogP contribution is -2.55. The van der Waals surface area contributed by atoms with Crippen LogP contribution >= 0.6 is 0 Å². The van der Waals surface area contributed by atoms with E-state index in [1.54, 1.807) is 0 Å². The van der Waals surface area contributed by atoms with E-state index in [0.717, 1.165) is 0 Å². The Hall–Kier alpha value is -0.720. The zero-order chi connectivity index (χ0) is 9.94. The topological polar surface area (TPSA) is 86.8 Å². The van der Waals surface area contributed by atoms with E-state index in [2.05, 4.69) is 0 Å². The first-order chi connectivity index (χ1) is 5.36. The Bertz CT molecular complexity index is 173. The SMILES string of the molecule is CN(C)C(O)C(C)(CO)[N+](=O)[O-]. The van der Waals surface area contributed by atoms with E-state index >= 15 is 0 Å². The van der Waals surface area contributed by atoms with Gasteiger partial charge in [0.1, 0.15) is 6.61 Å². The molecule has 0 aliphatic carbocycles. The molecular weight excluding hydrogens is 164 g/mol. The van der Waals surface area contributed by atoms with Crippen molar-refractivity contribution in [3.63, 3.8) is 0 Å². The Balaban J connectivity index is 4.63. The molecule has 2 unspecified atom stereocenters. The molecule has 0 heterocycles. The van der Waals surface area contributed by atoms with Gasteiger partial charge in [0.25, 0.3) is 5.54 Å². The minimum atomic E-state index is -1.72. The van der Waals surface area contributed by atoms with Crippen molar-refractivity contribution < 1.29 is 15.1 Å². The summed E-state index contributed by atoms with van der Waals surface area (Å²) in [6.07, 6.45) is -1.29. The van der Waals surface area contributed by atoms with Crippen LogP contribution in [-0.4, -0.2) is 52.5 Å². The molecule has 0 aromatic carbocycles. The van der Waals surface area contributed by atoms with E-state index in [4.69, 9.17) is 5.11 Å².